The van der Waals surface area contributed by atoms with Gasteiger partial charge in [-0.3, -0.25) is 9.48 Å². The summed E-state index contributed by atoms with van der Waals surface area (Å²) < 4.78 is 7.42. The van der Waals surface area contributed by atoms with E-state index in [2.05, 4.69) is 10.4 Å². The number of amides is 1. The van der Waals surface area contributed by atoms with Crippen molar-refractivity contribution in [2.75, 3.05) is 5.32 Å². The van der Waals surface area contributed by atoms with Gasteiger partial charge in [-0.2, -0.15) is 5.10 Å². The summed E-state index contributed by atoms with van der Waals surface area (Å²) in [6.07, 6.45) is 3.27. The number of carbonyl (C=O) groups is 1. The molecule has 2 unspecified atom stereocenters. The van der Waals surface area contributed by atoms with Crippen molar-refractivity contribution < 1.29 is 14.6 Å². The molecule has 1 aliphatic rings. The molecule has 2 N–H and O–H groups in total. The van der Waals surface area contributed by atoms with Crippen LogP contribution in [0.3, 0.4) is 0 Å². The van der Waals surface area contributed by atoms with E-state index in [4.69, 9.17) is 4.74 Å². The van der Waals surface area contributed by atoms with E-state index >= 15 is 0 Å². The highest BCUT2D eigenvalue weighted by molar-refractivity contribution is 6.03. The molecule has 1 heterocycles. The molecular formula is C18H23N3O3. The molecule has 1 aliphatic carbocycles. The van der Waals surface area contributed by atoms with E-state index < -0.39 is 6.10 Å². The minimum absolute atomic E-state index is 0.142. The van der Waals surface area contributed by atoms with Crippen LogP contribution in [0, 0.1) is 6.92 Å². The van der Waals surface area contributed by atoms with Crippen molar-refractivity contribution in [3.05, 3.63) is 41.7 Å². The molecule has 6 heteroatoms. The summed E-state index contributed by atoms with van der Waals surface area (Å²) in [5.41, 5.74) is 2.01. The Bertz CT molecular complexity index is 709. The standard InChI is InChI=1S/C18H23N3O3/c1-12-11-15(21(2)20-12)18(23)19-13-7-9-14(10-8-13)24-17-6-4-3-5-16(17)22/h7-11,16-17,22H,3-6H2,1-2H3,(H,19,23). The van der Waals surface area contributed by atoms with Crippen LogP contribution in [-0.2, 0) is 7.05 Å². The summed E-state index contributed by atoms with van der Waals surface area (Å²) in [5, 5.41) is 17.0. The molecule has 1 aromatic heterocycles. The van der Waals surface area contributed by atoms with Gasteiger partial charge in [0.05, 0.1) is 11.8 Å². The van der Waals surface area contributed by atoms with E-state index in [1.54, 1.807) is 29.9 Å². The SMILES string of the molecule is Cc1cc(C(=O)Nc2ccc(OC3CCCCC3O)cc2)n(C)n1. The highest BCUT2D eigenvalue weighted by atomic mass is 16.5. The summed E-state index contributed by atoms with van der Waals surface area (Å²) in [6, 6.07) is 8.96. The Labute approximate surface area is 141 Å². The molecule has 1 aromatic carbocycles. The number of anilines is 1. The number of hydrogen-bond acceptors (Lipinski definition) is 4. The van der Waals surface area contributed by atoms with E-state index in [1.165, 1.54) is 0 Å². The van der Waals surface area contributed by atoms with Crippen molar-refractivity contribution >= 4 is 11.6 Å². The van der Waals surface area contributed by atoms with Gasteiger partial charge in [0.15, 0.2) is 0 Å². The first kappa shape index (κ1) is 16.5. The van der Waals surface area contributed by atoms with E-state index in [0.717, 1.165) is 31.4 Å². The summed E-state index contributed by atoms with van der Waals surface area (Å²) in [7, 11) is 1.74. The Morgan fingerprint density at radius 2 is 2.00 bits per heavy atom. The van der Waals surface area contributed by atoms with Gasteiger partial charge in [0.25, 0.3) is 5.91 Å². The average molecular weight is 329 g/mol. The molecule has 0 radical (unpaired) electrons. The molecule has 1 fully saturated rings. The van der Waals surface area contributed by atoms with E-state index in [-0.39, 0.29) is 12.0 Å². The fraction of sp³-hybridized carbons (Fsp3) is 0.444. The lowest BCUT2D eigenvalue weighted by molar-refractivity contribution is 0.00688. The molecule has 2 aromatic rings. The molecule has 1 saturated carbocycles. The van der Waals surface area contributed by atoms with Crippen molar-refractivity contribution in [2.24, 2.45) is 7.05 Å². The Kier molecular flexibility index (Phi) is 4.85. The van der Waals surface area contributed by atoms with Crippen molar-refractivity contribution in [2.45, 2.75) is 44.8 Å². The molecule has 1 amide bonds. The third-order valence-electron chi connectivity index (χ3n) is 4.30. The normalized spacial score (nSPS) is 20.6. The van der Waals surface area contributed by atoms with E-state index in [0.29, 0.717) is 17.1 Å². The first-order chi connectivity index (χ1) is 11.5. The zero-order valence-corrected chi connectivity index (χ0v) is 14.0. The zero-order valence-electron chi connectivity index (χ0n) is 14.0. The predicted octanol–water partition coefficient (Wildman–Crippen LogP) is 2.66. The molecule has 0 aliphatic heterocycles. The number of nitrogens with one attached hydrogen (secondary N) is 1. The maximum absolute atomic E-state index is 12.3. The van der Waals surface area contributed by atoms with Gasteiger partial charge >= 0.3 is 0 Å². The summed E-state index contributed by atoms with van der Waals surface area (Å²) in [6.45, 7) is 1.85. The van der Waals surface area contributed by atoms with Crippen molar-refractivity contribution in [3.8, 4) is 5.75 Å². The van der Waals surface area contributed by atoms with Gasteiger partial charge in [0.2, 0.25) is 0 Å². The molecule has 6 nitrogen and oxygen atoms in total. The zero-order chi connectivity index (χ0) is 17.1. The van der Waals surface area contributed by atoms with Gasteiger partial charge in [0, 0.05) is 12.7 Å². The largest absolute Gasteiger partial charge is 0.488 e. The lowest BCUT2D eigenvalue weighted by atomic mass is 9.95. The molecule has 0 bridgehead atoms. The van der Waals surface area contributed by atoms with Gasteiger partial charge in [-0.15, -0.1) is 0 Å². The Balaban J connectivity index is 1.62. The molecule has 0 spiro atoms. The molecule has 0 saturated heterocycles. The highest BCUT2D eigenvalue weighted by Crippen LogP contribution is 2.25. The fourth-order valence-electron chi connectivity index (χ4n) is 3.02. The average Bonchev–Trinajstić information content (AvgIpc) is 2.90. The van der Waals surface area contributed by atoms with E-state index in [1.807, 2.05) is 19.1 Å². The molecule has 2 atom stereocenters. The highest BCUT2D eigenvalue weighted by Gasteiger charge is 2.24. The number of aryl methyl sites for hydroxylation is 2. The Hall–Kier alpha value is -2.34. The van der Waals surface area contributed by atoms with Crippen LogP contribution >= 0.6 is 0 Å². The first-order valence-corrected chi connectivity index (χ1v) is 8.30. The number of aliphatic hydroxyl groups is 1. The van der Waals surface area contributed by atoms with Gasteiger partial charge in [-0.25, -0.2) is 0 Å². The van der Waals surface area contributed by atoms with Crippen molar-refractivity contribution in [3.63, 3.8) is 0 Å². The Morgan fingerprint density at radius 1 is 1.29 bits per heavy atom. The van der Waals surface area contributed by atoms with Gasteiger partial charge in [0.1, 0.15) is 17.5 Å². The second-order valence-electron chi connectivity index (χ2n) is 6.28. The number of aliphatic hydroxyl groups excluding tert-OH is 1. The minimum Gasteiger partial charge on any atom is -0.488 e. The Morgan fingerprint density at radius 3 is 2.62 bits per heavy atom. The van der Waals surface area contributed by atoms with Crippen LogP contribution in [0.5, 0.6) is 5.75 Å². The quantitative estimate of drug-likeness (QED) is 0.904. The number of nitrogens with zero attached hydrogens (tertiary/aromatic N) is 2. The van der Waals surface area contributed by atoms with E-state index in [9.17, 15) is 9.90 Å². The van der Waals surface area contributed by atoms with Crippen LogP contribution in [0.4, 0.5) is 5.69 Å². The maximum atomic E-state index is 12.3. The summed E-state index contributed by atoms with van der Waals surface area (Å²) in [4.78, 5) is 12.3. The number of benzene rings is 1. The maximum Gasteiger partial charge on any atom is 0.273 e. The second kappa shape index (κ2) is 7.05. The van der Waals surface area contributed by atoms with Crippen molar-refractivity contribution in [1.29, 1.82) is 0 Å². The van der Waals surface area contributed by atoms with Crippen LogP contribution in [0.25, 0.3) is 0 Å². The summed E-state index contributed by atoms with van der Waals surface area (Å²) in [5.74, 6) is 0.504. The third-order valence-corrected chi connectivity index (χ3v) is 4.30. The molecule has 24 heavy (non-hydrogen) atoms. The predicted molar refractivity (Wildman–Crippen MR) is 91.2 cm³/mol. The number of ether oxygens (including phenoxy) is 1. The van der Waals surface area contributed by atoms with Crippen LogP contribution in [0.1, 0.15) is 41.9 Å². The number of hydrogen-bond donors (Lipinski definition) is 2. The van der Waals surface area contributed by atoms with Crippen LogP contribution in [0.2, 0.25) is 0 Å². The monoisotopic (exact) mass is 329 g/mol. The van der Waals surface area contributed by atoms with Gasteiger partial charge < -0.3 is 15.2 Å². The lowest BCUT2D eigenvalue weighted by Gasteiger charge is -2.28. The molecular weight excluding hydrogens is 306 g/mol. The molecule has 3 rings (SSSR count). The van der Waals surface area contributed by atoms with Crippen LogP contribution in [0.15, 0.2) is 30.3 Å². The summed E-state index contributed by atoms with van der Waals surface area (Å²) >= 11 is 0. The number of aromatic nitrogens is 2. The number of rotatable bonds is 4. The smallest absolute Gasteiger partial charge is 0.273 e. The molecule has 128 valence electrons. The first-order valence-electron chi connectivity index (χ1n) is 8.30. The lowest BCUT2D eigenvalue weighted by Crippen LogP contribution is -2.34. The minimum atomic E-state index is -0.397. The topological polar surface area (TPSA) is 76.4 Å². The second-order valence-corrected chi connectivity index (χ2v) is 6.28. The van der Waals surface area contributed by atoms with Gasteiger partial charge in [-0.1, -0.05) is 6.42 Å². The van der Waals surface area contributed by atoms with Crippen molar-refractivity contribution in [1.82, 2.24) is 9.78 Å². The fourth-order valence-corrected chi connectivity index (χ4v) is 3.02. The van der Waals surface area contributed by atoms with Crippen LogP contribution in [-0.4, -0.2) is 33.0 Å². The van der Waals surface area contributed by atoms with Gasteiger partial charge in [-0.05, 0) is 56.5 Å². The number of carbonyl (C=O) groups excluding carboxylic acids is 1. The third kappa shape index (κ3) is 3.76. The van der Waals surface area contributed by atoms with Crippen LogP contribution < -0.4 is 10.1 Å².